The normalized spacial score (nSPS) is 12.4. The highest BCUT2D eigenvalue weighted by Crippen LogP contribution is 2.22. The molecule has 0 amide bonds. The summed E-state index contributed by atoms with van der Waals surface area (Å²) >= 11 is 3.31. The molecule has 2 aromatic rings. The van der Waals surface area contributed by atoms with Gasteiger partial charge in [0.05, 0.1) is 5.69 Å². The van der Waals surface area contributed by atoms with Gasteiger partial charge in [0.1, 0.15) is 6.10 Å². The lowest BCUT2D eigenvalue weighted by atomic mass is 10.0. The van der Waals surface area contributed by atoms with Crippen molar-refractivity contribution in [1.29, 1.82) is 0 Å². The SMILES string of the molecule is Cc1ccncc1C(O)c1ccc(Br)cn1. The van der Waals surface area contributed by atoms with Crippen LogP contribution in [0.25, 0.3) is 0 Å². The van der Waals surface area contributed by atoms with Crippen LogP contribution in [0.5, 0.6) is 0 Å². The minimum Gasteiger partial charge on any atom is -0.382 e. The zero-order valence-electron chi connectivity index (χ0n) is 8.76. The standard InChI is InChI=1S/C12H11BrN2O/c1-8-4-5-14-7-10(8)12(16)11-3-2-9(13)6-15-11/h2-7,12,16H,1H3. The van der Waals surface area contributed by atoms with E-state index in [1.54, 1.807) is 24.7 Å². The molecule has 0 saturated heterocycles. The summed E-state index contributed by atoms with van der Waals surface area (Å²) in [7, 11) is 0. The molecule has 0 saturated carbocycles. The molecule has 2 heterocycles. The van der Waals surface area contributed by atoms with E-state index in [0.717, 1.165) is 15.6 Å². The third-order valence-electron chi connectivity index (χ3n) is 2.40. The van der Waals surface area contributed by atoms with Crippen molar-refractivity contribution in [2.75, 3.05) is 0 Å². The Hall–Kier alpha value is -1.26. The van der Waals surface area contributed by atoms with Crippen molar-refractivity contribution in [3.8, 4) is 0 Å². The van der Waals surface area contributed by atoms with Gasteiger partial charge in [-0.1, -0.05) is 0 Å². The van der Waals surface area contributed by atoms with Crippen molar-refractivity contribution in [3.05, 3.63) is 58.1 Å². The highest BCUT2D eigenvalue weighted by atomic mass is 79.9. The minimum atomic E-state index is -0.721. The van der Waals surface area contributed by atoms with Gasteiger partial charge < -0.3 is 5.11 Å². The summed E-state index contributed by atoms with van der Waals surface area (Å²) in [6.45, 7) is 1.94. The Morgan fingerprint density at radius 1 is 1.25 bits per heavy atom. The summed E-state index contributed by atoms with van der Waals surface area (Å²) in [4.78, 5) is 8.18. The summed E-state index contributed by atoms with van der Waals surface area (Å²) in [5, 5.41) is 10.1. The number of aromatic nitrogens is 2. The summed E-state index contributed by atoms with van der Waals surface area (Å²) in [5.74, 6) is 0. The second kappa shape index (κ2) is 4.72. The van der Waals surface area contributed by atoms with Crippen LogP contribution in [-0.2, 0) is 0 Å². The molecule has 4 heteroatoms. The average Bonchev–Trinajstić information content (AvgIpc) is 2.30. The maximum atomic E-state index is 10.1. The predicted molar refractivity (Wildman–Crippen MR) is 65.0 cm³/mol. The van der Waals surface area contributed by atoms with Crippen LogP contribution >= 0.6 is 15.9 Å². The molecule has 1 N–H and O–H groups in total. The third-order valence-corrected chi connectivity index (χ3v) is 2.87. The molecule has 82 valence electrons. The number of aryl methyl sites for hydroxylation is 1. The summed E-state index contributed by atoms with van der Waals surface area (Å²) in [6, 6.07) is 5.52. The topological polar surface area (TPSA) is 46.0 Å². The molecular weight excluding hydrogens is 268 g/mol. The van der Waals surface area contributed by atoms with Gasteiger partial charge in [-0.2, -0.15) is 0 Å². The van der Waals surface area contributed by atoms with E-state index in [1.165, 1.54) is 0 Å². The fourth-order valence-electron chi connectivity index (χ4n) is 1.47. The van der Waals surface area contributed by atoms with Crippen molar-refractivity contribution in [2.24, 2.45) is 0 Å². The van der Waals surface area contributed by atoms with Crippen molar-refractivity contribution in [2.45, 2.75) is 13.0 Å². The molecule has 2 rings (SSSR count). The van der Waals surface area contributed by atoms with Gasteiger partial charge in [0.25, 0.3) is 0 Å². The first-order valence-electron chi connectivity index (χ1n) is 4.88. The first kappa shape index (κ1) is 11.2. The predicted octanol–water partition coefficient (Wildman–Crippen LogP) is 2.63. The zero-order chi connectivity index (χ0) is 11.5. The van der Waals surface area contributed by atoms with E-state index in [9.17, 15) is 5.11 Å². The minimum absolute atomic E-state index is 0.624. The third kappa shape index (κ3) is 2.28. The van der Waals surface area contributed by atoms with Crippen LogP contribution in [-0.4, -0.2) is 15.1 Å². The van der Waals surface area contributed by atoms with Gasteiger partial charge in [-0.15, -0.1) is 0 Å². The summed E-state index contributed by atoms with van der Waals surface area (Å²) in [6.07, 6.45) is 4.33. The van der Waals surface area contributed by atoms with E-state index in [2.05, 4.69) is 25.9 Å². The van der Waals surface area contributed by atoms with Crippen LogP contribution in [0.4, 0.5) is 0 Å². The second-order valence-corrected chi connectivity index (χ2v) is 4.45. The molecule has 0 bridgehead atoms. The highest BCUT2D eigenvalue weighted by molar-refractivity contribution is 9.10. The number of hydrogen-bond acceptors (Lipinski definition) is 3. The maximum Gasteiger partial charge on any atom is 0.123 e. The van der Waals surface area contributed by atoms with E-state index in [-0.39, 0.29) is 0 Å². The molecule has 0 aliphatic rings. The Morgan fingerprint density at radius 2 is 2.06 bits per heavy atom. The van der Waals surface area contributed by atoms with Crippen molar-refractivity contribution < 1.29 is 5.11 Å². The first-order valence-corrected chi connectivity index (χ1v) is 5.68. The number of nitrogens with zero attached hydrogens (tertiary/aromatic N) is 2. The van der Waals surface area contributed by atoms with Gasteiger partial charge in [0.15, 0.2) is 0 Å². The van der Waals surface area contributed by atoms with Crippen LogP contribution in [0.3, 0.4) is 0 Å². The van der Waals surface area contributed by atoms with Gasteiger partial charge >= 0.3 is 0 Å². The number of pyridine rings is 2. The molecule has 1 unspecified atom stereocenters. The lowest BCUT2D eigenvalue weighted by Crippen LogP contribution is -2.04. The van der Waals surface area contributed by atoms with Gasteiger partial charge in [-0.25, -0.2) is 0 Å². The van der Waals surface area contributed by atoms with Crippen LogP contribution in [0.15, 0.2) is 41.3 Å². The van der Waals surface area contributed by atoms with Gasteiger partial charge in [-0.3, -0.25) is 9.97 Å². The van der Waals surface area contributed by atoms with Gasteiger partial charge in [0, 0.05) is 28.6 Å². The van der Waals surface area contributed by atoms with Crippen LogP contribution in [0, 0.1) is 6.92 Å². The maximum absolute atomic E-state index is 10.1. The zero-order valence-corrected chi connectivity index (χ0v) is 10.3. The van der Waals surface area contributed by atoms with Crippen LogP contribution in [0.2, 0.25) is 0 Å². The van der Waals surface area contributed by atoms with E-state index >= 15 is 0 Å². The summed E-state index contributed by atoms with van der Waals surface area (Å²) in [5.41, 5.74) is 2.42. The monoisotopic (exact) mass is 278 g/mol. The van der Waals surface area contributed by atoms with Gasteiger partial charge in [-0.05, 0) is 46.6 Å². The molecular formula is C12H11BrN2O. The molecule has 3 nitrogen and oxygen atoms in total. The lowest BCUT2D eigenvalue weighted by Gasteiger charge is -2.12. The molecule has 16 heavy (non-hydrogen) atoms. The second-order valence-electron chi connectivity index (χ2n) is 3.54. The fraction of sp³-hybridized carbons (Fsp3) is 0.167. The number of aliphatic hydroxyl groups is 1. The highest BCUT2D eigenvalue weighted by Gasteiger charge is 2.13. The van der Waals surface area contributed by atoms with Crippen molar-refractivity contribution in [3.63, 3.8) is 0 Å². The number of rotatable bonds is 2. The van der Waals surface area contributed by atoms with E-state index in [0.29, 0.717) is 5.69 Å². The first-order chi connectivity index (χ1) is 7.68. The summed E-state index contributed by atoms with van der Waals surface area (Å²) < 4.78 is 0.895. The van der Waals surface area contributed by atoms with E-state index < -0.39 is 6.10 Å². The molecule has 2 aromatic heterocycles. The van der Waals surface area contributed by atoms with Crippen LogP contribution in [0.1, 0.15) is 22.9 Å². The molecule has 0 spiro atoms. The fourth-order valence-corrected chi connectivity index (χ4v) is 1.71. The quantitative estimate of drug-likeness (QED) is 0.919. The number of aliphatic hydroxyl groups excluding tert-OH is 1. The molecule has 0 aliphatic heterocycles. The van der Waals surface area contributed by atoms with Crippen LogP contribution < -0.4 is 0 Å². The van der Waals surface area contributed by atoms with Gasteiger partial charge in [0.2, 0.25) is 0 Å². The molecule has 1 atom stereocenters. The van der Waals surface area contributed by atoms with Crippen molar-refractivity contribution >= 4 is 15.9 Å². The Balaban J connectivity index is 2.35. The van der Waals surface area contributed by atoms with Crippen molar-refractivity contribution in [1.82, 2.24) is 9.97 Å². The smallest absolute Gasteiger partial charge is 0.123 e. The Kier molecular flexibility index (Phi) is 3.31. The number of halogens is 1. The average molecular weight is 279 g/mol. The molecule has 0 fully saturated rings. The Morgan fingerprint density at radius 3 is 2.69 bits per heavy atom. The molecule has 0 radical (unpaired) electrons. The largest absolute Gasteiger partial charge is 0.382 e. The lowest BCUT2D eigenvalue weighted by molar-refractivity contribution is 0.214. The van der Waals surface area contributed by atoms with E-state index in [4.69, 9.17) is 0 Å². The molecule has 0 aliphatic carbocycles. The Bertz CT molecular complexity index is 485. The number of hydrogen-bond donors (Lipinski definition) is 1. The molecule has 0 aromatic carbocycles. The van der Waals surface area contributed by atoms with E-state index in [1.807, 2.05) is 19.1 Å². The Labute approximate surface area is 102 Å².